The lowest BCUT2D eigenvalue weighted by atomic mass is 9.33. The van der Waals surface area contributed by atoms with Crippen LogP contribution in [0, 0.1) is 0 Å². The second-order valence-corrected chi connectivity index (χ2v) is 25.4. The largest absolute Gasteiger partial charge is 0.334 e. The van der Waals surface area contributed by atoms with Gasteiger partial charge in [-0.05, 0) is 130 Å². The van der Waals surface area contributed by atoms with Crippen LogP contribution in [0.5, 0.6) is 0 Å². The van der Waals surface area contributed by atoms with E-state index < -0.39 is 0 Å². The topological polar surface area (TPSA) is 9.72 Å². The van der Waals surface area contributed by atoms with Crippen molar-refractivity contribution >= 4 is 132 Å². The maximum absolute atomic E-state index is 2.81. The lowest BCUT2D eigenvalue weighted by Gasteiger charge is -2.51. The van der Waals surface area contributed by atoms with Crippen molar-refractivity contribution in [3.8, 4) is 0 Å². The monoisotopic (exact) mass is 943 g/mol. The van der Waals surface area contributed by atoms with E-state index in [-0.39, 0.29) is 28.5 Å². The minimum atomic E-state index is -0.129. The number of anilines is 8. The Kier molecular flexibility index (Phi) is 8.88. The average Bonchev–Trinajstić information content (AvgIpc) is 3.99. The highest BCUT2D eigenvalue weighted by atomic mass is 32.1. The number of benzene rings is 8. The first kappa shape index (κ1) is 42.5. The van der Waals surface area contributed by atoms with E-state index in [1.165, 1.54) is 138 Å². The van der Waals surface area contributed by atoms with Crippen molar-refractivity contribution in [2.45, 2.75) is 103 Å². The molecule has 6 heteroatoms. The predicted octanol–water partition coefficient (Wildman–Crippen LogP) is 16.8. The van der Waals surface area contributed by atoms with E-state index in [9.17, 15) is 0 Å². The van der Waals surface area contributed by atoms with Crippen molar-refractivity contribution in [3.63, 3.8) is 0 Å². The molecule has 0 N–H and O–H groups in total. The van der Waals surface area contributed by atoms with Crippen molar-refractivity contribution in [3.05, 3.63) is 174 Å². The number of hydrogen-bond donors (Lipinski definition) is 0. The van der Waals surface area contributed by atoms with Gasteiger partial charge in [0.15, 0.2) is 0 Å². The Labute approximate surface area is 421 Å². The molecule has 0 saturated heterocycles. The van der Waals surface area contributed by atoms with Crippen LogP contribution in [0.1, 0.15) is 97.8 Å². The molecule has 2 aromatic heterocycles. The van der Waals surface area contributed by atoms with Crippen LogP contribution in [0.3, 0.4) is 0 Å². The molecule has 0 amide bonds. The van der Waals surface area contributed by atoms with Crippen molar-refractivity contribution in [1.29, 1.82) is 0 Å². The Morgan fingerprint density at radius 3 is 1.47 bits per heavy atom. The van der Waals surface area contributed by atoms with E-state index >= 15 is 0 Å². The predicted molar refractivity (Wildman–Crippen MR) is 306 cm³/mol. The van der Waals surface area contributed by atoms with Gasteiger partial charge in [0.05, 0.1) is 16.9 Å². The molecule has 4 aliphatic rings. The fourth-order valence-electron chi connectivity index (χ4n) is 13.5. The quantitative estimate of drug-likeness (QED) is 0.163. The Morgan fingerprint density at radius 1 is 0.457 bits per heavy atom. The highest BCUT2D eigenvalue weighted by molar-refractivity contribution is 7.26. The van der Waals surface area contributed by atoms with Crippen LogP contribution in [-0.2, 0) is 16.2 Å². The van der Waals surface area contributed by atoms with E-state index in [4.69, 9.17) is 0 Å². The zero-order valence-electron chi connectivity index (χ0n) is 41.6. The zero-order valence-corrected chi connectivity index (χ0v) is 43.2. The number of fused-ring (bicyclic) bond motifs is 13. The Morgan fingerprint density at radius 2 is 0.929 bits per heavy atom. The summed E-state index contributed by atoms with van der Waals surface area (Å²) in [6.07, 6.45) is 4.79. The summed E-state index contributed by atoms with van der Waals surface area (Å²) in [5.74, 6) is 0. The van der Waals surface area contributed by atoms with Crippen LogP contribution >= 0.6 is 22.7 Å². The molecule has 344 valence electrons. The van der Waals surface area contributed by atoms with Crippen LogP contribution in [0.4, 0.5) is 45.5 Å². The van der Waals surface area contributed by atoms with Gasteiger partial charge in [0.25, 0.3) is 6.71 Å². The minimum absolute atomic E-state index is 0.00167. The van der Waals surface area contributed by atoms with E-state index in [0.29, 0.717) is 0 Å². The molecule has 2 unspecified atom stereocenters. The number of thiophene rings is 2. The van der Waals surface area contributed by atoms with Gasteiger partial charge < -0.3 is 14.7 Å². The zero-order chi connectivity index (χ0) is 47.6. The van der Waals surface area contributed by atoms with Gasteiger partial charge in [-0.25, -0.2) is 0 Å². The molecule has 10 aromatic rings. The highest BCUT2D eigenvalue weighted by Crippen LogP contribution is 2.62. The first-order chi connectivity index (χ1) is 33.7. The fraction of sp³-hybridized carbons (Fsp3) is 0.250. The van der Waals surface area contributed by atoms with Crippen molar-refractivity contribution < 1.29 is 0 Å². The van der Waals surface area contributed by atoms with E-state index in [1.807, 2.05) is 22.7 Å². The number of hydrogen-bond acceptors (Lipinski definition) is 5. The van der Waals surface area contributed by atoms with Gasteiger partial charge >= 0.3 is 0 Å². The Balaban J connectivity index is 1.17. The summed E-state index contributed by atoms with van der Waals surface area (Å²) >= 11 is 3.82. The molecular weight excluding hydrogens is 886 g/mol. The van der Waals surface area contributed by atoms with Crippen molar-refractivity contribution in [2.75, 3.05) is 14.7 Å². The smallest absolute Gasteiger partial charge is 0.252 e. The molecule has 1 aliphatic carbocycles. The maximum Gasteiger partial charge on any atom is 0.252 e. The van der Waals surface area contributed by atoms with Gasteiger partial charge in [0, 0.05) is 79.9 Å². The molecule has 0 spiro atoms. The number of rotatable bonds is 3. The van der Waals surface area contributed by atoms with Crippen molar-refractivity contribution in [1.82, 2.24) is 0 Å². The summed E-state index contributed by atoms with van der Waals surface area (Å²) in [4.78, 5) is 8.23. The third-order valence-corrected chi connectivity index (χ3v) is 19.6. The third kappa shape index (κ3) is 5.75. The van der Waals surface area contributed by atoms with Crippen LogP contribution in [0.2, 0.25) is 0 Å². The van der Waals surface area contributed by atoms with Crippen LogP contribution < -0.4 is 31.1 Å². The maximum atomic E-state index is 2.81. The van der Waals surface area contributed by atoms with Crippen molar-refractivity contribution in [2.24, 2.45) is 0 Å². The number of nitrogens with zero attached hydrogens (tertiary/aromatic N) is 3. The summed E-state index contributed by atoms with van der Waals surface area (Å²) in [7, 11) is 0. The molecule has 1 saturated carbocycles. The van der Waals surface area contributed by atoms with Crippen LogP contribution in [-0.4, -0.2) is 12.3 Å². The lowest BCUT2D eigenvalue weighted by molar-refractivity contribution is 0.195. The van der Waals surface area contributed by atoms with Gasteiger partial charge in [0.1, 0.15) is 0 Å². The lowest BCUT2D eigenvalue weighted by Crippen LogP contribution is -2.61. The molecule has 2 atom stereocenters. The molecule has 0 radical (unpaired) electrons. The van der Waals surface area contributed by atoms with Gasteiger partial charge in [-0.1, -0.05) is 152 Å². The highest BCUT2D eigenvalue weighted by Gasteiger charge is 2.58. The van der Waals surface area contributed by atoms with E-state index in [1.54, 1.807) is 0 Å². The van der Waals surface area contributed by atoms with Gasteiger partial charge in [-0.2, -0.15) is 0 Å². The van der Waals surface area contributed by atoms with Crippen LogP contribution in [0.25, 0.3) is 40.3 Å². The van der Waals surface area contributed by atoms with Gasteiger partial charge in [0.2, 0.25) is 0 Å². The molecule has 14 rings (SSSR count). The normalized spacial score (nSPS) is 19.5. The minimum Gasteiger partial charge on any atom is -0.334 e. The standard InChI is InChI=1S/C64H58BN3S2/c1-61(2,3)39-29-31-45-50(35-39)66(48-23-17-27-56-58(48)42-19-9-13-25-54(42)69-56)52-37-41(68-47-22-12-11-21-44(47)63(7)33-15-16-34-64(63,68)8)38-53-60(52)65(45)46-32-30-40(62(4,5)6)36-51(46)67(53)49-24-18-28-57-59(49)43-20-10-14-26-55(43)70-57/h9-14,17-32,35-38H,15-16,33-34H2,1-8H3. The molecule has 70 heavy (non-hydrogen) atoms. The fourth-order valence-corrected chi connectivity index (χ4v) is 15.8. The molecule has 1 fully saturated rings. The summed E-state index contributed by atoms with van der Waals surface area (Å²) < 4.78 is 5.28. The summed E-state index contributed by atoms with van der Waals surface area (Å²) in [5.41, 5.74) is 18.2. The molecule has 3 nitrogen and oxygen atoms in total. The summed E-state index contributed by atoms with van der Waals surface area (Å²) in [6.45, 7) is 19.3. The van der Waals surface area contributed by atoms with Gasteiger partial charge in [-0.15, -0.1) is 22.7 Å². The molecule has 5 heterocycles. The summed E-state index contributed by atoms with van der Waals surface area (Å²) in [5, 5.41) is 5.28. The Hall–Kier alpha value is -6.34. The van der Waals surface area contributed by atoms with Gasteiger partial charge in [-0.3, -0.25) is 0 Å². The number of para-hydroxylation sites is 1. The molecule has 0 bridgehead atoms. The molecule has 8 aromatic carbocycles. The first-order valence-electron chi connectivity index (χ1n) is 25.5. The molecular formula is C64H58BN3S2. The summed E-state index contributed by atoms with van der Waals surface area (Å²) in [6, 6.07) is 61.8. The third-order valence-electron chi connectivity index (χ3n) is 17.3. The SMILES string of the molecule is CC(C)(C)c1ccc2c(c1)N(c1cccc3sc4ccccc4c13)c1cc(N3c4ccccc4C4(C)CCCCC34C)cc3c1B2c1ccc(C(C)(C)C)cc1N3c1cccc2sc3ccccc3c12. The van der Waals surface area contributed by atoms with E-state index in [2.05, 4.69) is 228 Å². The van der Waals surface area contributed by atoms with Crippen LogP contribution in [0.15, 0.2) is 158 Å². The average molecular weight is 944 g/mol. The molecule has 3 aliphatic heterocycles. The second-order valence-electron chi connectivity index (χ2n) is 23.2. The second kappa shape index (κ2) is 14.6. The Bertz CT molecular complexity index is 3640. The first-order valence-corrected chi connectivity index (χ1v) is 27.1. The van der Waals surface area contributed by atoms with E-state index in [0.717, 1.165) is 6.42 Å².